The van der Waals surface area contributed by atoms with Gasteiger partial charge in [-0.2, -0.15) is 10.2 Å². The molecule has 1 aromatic rings. The van der Waals surface area contributed by atoms with Gasteiger partial charge in [-0.3, -0.25) is 9.59 Å². The minimum absolute atomic E-state index is 0.0462. The first-order valence-corrected chi connectivity index (χ1v) is 7.63. The van der Waals surface area contributed by atoms with Gasteiger partial charge in [0.05, 0.1) is 18.7 Å². The molecule has 0 saturated heterocycles. The average molecular weight is 332 g/mol. The van der Waals surface area contributed by atoms with E-state index in [2.05, 4.69) is 21.1 Å². The largest absolute Gasteiger partial charge is 0.504 e. The maximum Gasteiger partial charge on any atom is 0.248 e. The lowest BCUT2D eigenvalue weighted by molar-refractivity contribution is -0.123. The quantitative estimate of drug-likeness (QED) is 0.513. The van der Waals surface area contributed by atoms with Crippen LogP contribution in [0.3, 0.4) is 0 Å². The van der Waals surface area contributed by atoms with Crippen LogP contribution in [0.5, 0.6) is 11.5 Å². The second kappa shape index (κ2) is 8.09. The molecule has 0 saturated carbocycles. The van der Waals surface area contributed by atoms with E-state index in [1.54, 1.807) is 19.1 Å². The monoisotopic (exact) mass is 332 g/mol. The van der Waals surface area contributed by atoms with E-state index in [1.807, 2.05) is 6.92 Å². The Hall–Kier alpha value is -2.90. The first-order chi connectivity index (χ1) is 11.5. The van der Waals surface area contributed by atoms with E-state index in [-0.39, 0.29) is 29.9 Å². The number of amides is 2. The van der Waals surface area contributed by atoms with Crippen molar-refractivity contribution in [3.63, 3.8) is 0 Å². The summed E-state index contributed by atoms with van der Waals surface area (Å²) in [5.74, 6) is -0.427. The van der Waals surface area contributed by atoms with Gasteiger partial charge in [-0.25, -0.2) is 10.9 Å². The van der Waals surface area contributed by atoms with Crippen LogP contribution in [-0.2, 0) is 9.59 Å². The van der Waals surface area contributed by atoms with Gasteiger partial charge in [0.25, 0.3) is 0 Å². The third-order valence-corrected chi connectivity index (χ3v) is 3.51. The molecule has 8 heteroatoms. The summed E-state index contributed by atoms with van der Waals surface area (Å²) in [6, 6.07) is 4.77. The number of hydrazone groups is 2. The highest BCUT2D eigenvalue weighted by Gasteiger charge is 2.26. The molecule has 8 nitrogen and oxygen atoms in total. The minimum Gasteiger partial charge on any atom is -0.504 e. The minimum atomic E-state index is -0.356. The molecule has 0 radical (unpaired) electrons. The second-order valence-electron chi connectivity index (χ2n) is 5.27. The van der Waals surface area contributed by atoms with Crippen LogP contribution in [0.1, 0.15) is 32.3 Å². The molecule has 0 aromatic heterocycles. The zero-order chi connectivity index (χ0) is 17.5. The van der Waals surface area contributed by atoms with Gasteiger partial charge >= 0.3 is 0 Å². The third-order valence-electron chi connectivity index (χ3n) is 3.51. The van der Waals surface area contributed by atoms with E-state index in [0.29, 0.717) is 30.1 Å². The zero-order valence-corrected chi connectivity index (χ0v) is 13.6. The predicted octanol–water partition coefficient (Wildman–Crippen LogP) is 1.14. The Morgan fingerprint density at radius 1 is 1.54 bits per heavy atom. The van der Waals surface area contributed by atoms with Gasteiger partial charge in [-0.1, -0.05) is 0 Å². The Morgan fingerprint density at radius 2 is 2.33 bits per heavy atom. The van der Waals surface area contributed by atoms with Gasteiger partial charge in [0.2, 0.25) is 11.8 Å². The van der Waals surface area contributed by atoms with E-state index in [4.69, 9.17) is 4.74 Å². The molecule has 1 unspecified atom stereocenters. The van der Waals surface area contributed by atoms with Gasteiger partial charge in [-0.05, 0) is 44.0 Å². The van der Waals surface area contributed by atoms with Crippen molar-refractivity contribution in [3.05, 3.63) is 23.8 Å². The number of phenolic OH excluding ortho intramolecular Hbond substituents is 1. The van der Waals surface area contributed by atoms with Crippen LogP contribution in [-0.4, -0.2) is 35.5 Å². The summed E-state index contributed by atoms with van der Waals surface area (Å²) in [6.45, 7) is 4.00. The lowest BCUT2D eigenvalue weighted by atomic mass is 9.99. The summed E-state index contributed by atoms with van der Waals surface area (Å²) in [5, 5.41) is 17.3. The highest BCUT2D eigenvalue weighted by molar-refractivity contribution is 6.07. The number of nitrogens with one attached hydrogen (secondary N) is 2. The van der Waals surface area contributed by atoms with Crippen LogP contribution >= 0.6 is 0 Å². The average Bonchev–Trinajstić information content (AvgIpc) is 2.87. The number of rotatable bonds is 7. The number of carbonyl (C=O) groups is 2. The summed E-state index contributed by atoms with van der Waals surface area (Å²) in [5.41, 5.74) is 6.15. The van der Waals surface area contributed by atoms with Crippen molar-refractivity contribution in [2.75, 3.05) is 6.61 Å². The molecule has 3 N–H and O–H groups in total. The van der Waals surface area contributed by atoms with Crippen LogP contribution in [0.15, 0.2) is 28.4 Å². The van der Waals surface area contributed by atoms with Gasteiger partial charge in [-0.15, -0.1) is 0 Å². The van der Waals surface area contributed by atoms with Crippen molar-refractivity contribution in [1.82, 2.24) is 10.9 Å². The van der Waals surface area contributed by atoms with Crippen molar-refractivity contribution in [2.24, 2.45) is 16.1 Å². The number of phenols is 1. The first-order valence-electron chi connectivity index (χ1n) is 7.63. The summed E-state index contributed by atoms with van der Waals surface area (Å²) < 4.78 is 5.27. The molecular formula is C16H20N4O4. The highest BCUT2D eigenvalue weighted by Crippen LogP contribution is 2.26. The van der Waals surface area contributed by atoms with E-state index in [1.165, 1.54) is 12.3 Å². The van der Waals surface area contributed by atoms with Crippen LogP contribution in [0, 0.1) is 5.92 Å². The van der Waals surface area contributed by atoms with Crippen molar-refractivity contribution in [1.29, 1.82) is 0 Å². The standard InChI is InChI=1S/C16H20N4O4/c1-3-24-14-8-11(4-6-13(14)21)9-17-19-15(22)7-5-12-10(2)18-20-16(12)23/h4,6,8-9,12,21H,3,5,7H2,1-2H3,(H,19,22)(H,20,23). The number of hydrogen-bond donors (Lipinski definition) is 3. The molecule has 1 heterocycles. The van der Waals surface area contributed by atoms with Crippen LogP contribution in [0.4, 0.5) is 0 Å². The lowest BCUT2D eigenvalue weighted by Crippen LogP contribution is -2.25. The summed E-state index contributed by atoms with van der Waals surface area (Å²) in [6.07, 6.45) is 2.01. The van der Waals surface area contributed by atoms with Crippen molar-refractivity contribution < 1.29 is 19.4 Å². The van der Waals surface area contributed by atoms with E-state index >= 15 is 0 Å². The topological polar surface area (TPSA) is 112 Å². The van der Waals surface area contributed by atoms with E-state index in [9.17, 15) is 14.7 Å². The number of ether oxygens (including phenoxy) is 1. The molecule has 1 atom stereocenters. The van der Waals surface area contributed by atoms with E-state index in [0.717, 1.165) is 0 Å². The Labute approximate surface area is 139 Å². The van der Waals surface area contributed by atoms with Gasteiger partial charge in [0.15, 0.2) is 11.5 Å². The van der Waals surface area contributed by atoms with E-state index < -0.39 is 0 Å². The number of carbonyl (C=O) groups excluding carboxylic acids is 2. The maximum absolute atomic E-state index is 11.8. The third kappa shape index (κ3) is 4.55. The fraction of sp³-hybridized carbons (Fsp3) is 0.375. The van der Waals surface area contributed by atoms with Gasteiger partial charge in [0.1, 0.15) is 0 Å². The van der Waals surface area contributed by atoms with Gasteiger partial charge in [0, 0.05) is 12.1 Å². The number of nitrogens with zero attached hydrogens (tertiary/aromatic N) is 2. The van der Waals surface area contributed by atoms with Crippen molar-refractivity contribution in [2.45, 2.75) is 26.7 Å². The zero-order valence-electron chi connectivity index (χ0n) is 13.6. The number of hydrogen-bond acceptors (Lipinski definition) is 6. The number of benzene rings is 1. The predicted molar refractivity (Wildman–Crippen MR) is 89.0 cm³/mol. The highest BCUT2D eigenvalue weighted by atomic mass is 16.5. The SMILES string of the molecule is CCOc1cc(C=NNC(=O)CCC2C(=O)NN=C2C)ccc1O. The Morgan fingerprint density at radius 3 is 3.00 bits per heavy atom. The summed E-state index contributed by atoms with van der Waals surface area (Å²) >= 11 is 0. The van der Waals surface area contributed by atoms with Crippen molar-refractivity contribution in [3.8, 4) is 11.5 Å². The van der Waals surface area contributed by atoms with Crippen LogP contribution in [0.25, 0.3) is 0 Å². The summed E-state index contributed by atoms with van der Waals surface area (Å²) in [4.78, 5) is 23.3. The Balaban J connectivity index is 1.83. The molecule has 1 aliphatic rings. The molecule has 24 heavy (non-hydrogen) atoms. The van der Waals surface area contributed by atoms with Crippen LogP contribution in [0.2, 0.25) is 0 Å². The number of aromatic hydroxyl groups is 1. The Bertz CT molecular complexity index is 685. The second-order valence-corrected chi connectivity index (χ2v) is 5.27. The fourth-order valence-electron chi connectivity index (χ4n) is 2.22. The Kier molecular flexibility index (Phi) is 5.89. The van der Waals surface area contributed by atoms with Crippen molar-refractivity contribution >= 4 is 23.7 Å². The molecule has 0 spiro atoms. The fourth-order valence-corrected chi connectivity index (χ4v) is 2.22. The maximum atomic E-state index is 11.8. The lowest BCUT2D eigenvalue weighted by Gasteiger charge is -2.07. The molecule has 128 valence electrons. The molecule has 0 fully saturated rings. The van der Waals surface area contributed by atoms with Gasteiger partial charge < -0.3 is 9.84 Å². The molecule has 0 aliphatic carbocycles. The molecule has 0 bridgehead atoms. The molecule has 2 rings (SSSR count). The molecular weight excluding hydrogens is 312 g/mol. The normalized spacial score (nSPS) is 16.8. The summed E-state index contributed by atoms with van der Waals surface area (Å²) in [7, 11) is 0. The molecule has 2 amide bonds. The van der Waals surface area contributed by atoms with Crippen LogP contribution < -0.4 is 15.6 Å². The molecule has 1 aliphatic heterocycles. The molecule has 1 aromatic carbocycles. The first kappa shape index (κ1) is 17.5. The smallest absolute Gasteiger partial charge is 0.248 e.